The van der Waals surface area contributed by atoms with Gasteiger partial charge in [0.1, 0.15) is 5.75 Å². The third-order valence-corrected chi connectivity index (χ3v) is 7.38. The van der Waals surface area contributed by atoms with Crippen LogP contribution in [0.5, 0.6) is 5.75 Å². The van der Waals surface area contributed by atoms with E-state index in [9.17, 15) is 9.90 Å². The smallest absolute Gasteiger partial charge is 0.232 e. The molecule has 4 fully saturated rings. The molecular weight excluding hydrogens is 346 g/mol. The zero-order chi connectivity index (χ0) is 19.3. The summed E-state index contributed by atoms with van der Waals surface area (Å²) in [6, 6.07) is 15.2. The van der Waals surface area contributed by atoms with E-state index in [4.69, 9.17) is 0 Å². The number of carbonyl (C=O) groups excluding carboxylic acids is 1. The number of benzene rings is 2. The summed E-state index contributed by atoms with van der Waals surface area (Å²) in [5.74, 6) is 2.98. The van der Waals surface area contributed by atoms with E-state index in [0.29, 0.717) is 6.42 Å². The molecule has 0 unspecified atom stereocenters. The molecule has 146 valence electrons. The molecule has 2 aromatic rings. The number of phenolic OH excluding ortho intramolecular Hbond substituents is 1. The predicted molar refractivity (Wildman–Crippen MR) is 112 cm³/mol. The molecule has 1 N–H and O–H groups in total. The maximum Gasteiger partial charge on any atom is 0.232 e. The van der Waals surface area contributed by atoms with Crippen LogP contribution >= 0.6 is 0 Å². The Morgan fingerprint density at radius 3 is 2.18 bits per heavy atom. The zero-order valence-electron chi connectivity index (χ0n) is 16.6. The molecule has 0 aromatic heterocycles. The minimum atomic E-state index is 0.196. The third kappa shape index (κ3) is 3.11. The highest BCUT2D eigenvalue weighted by atomic mass is 16.3. The van der Waals surface area contributed by atoms with Crippen molar-refractivity contribution in [3.8, 4) is 5.75 Å². The number of carbonyl (C=O) groups is 1. The minimum absolute atomic E-state index is 0.196. The first-order valence-electron chi connectivity index (χ1n) is 10.7. The number of amides is 1. The summed E-state index contributed by atoms with van der Waals surface area (Å²) in [5, 5.41) is 9.84. The average molecular weight is 376 g/mol. The molecule has 4 aliphatic carbocycles. The molecule has 0 heterocycles. The highest BCUT2D eigenvalue weighted by Gasteiger charge is 2.51. The summed E-state index contributed by atoms with van der Waals surface area (Å²) in [6.07, 6.45) is 8.55. The molecule has 1 amide bonds. The first-order valence-corrected chi connectivity index (χ1v) is 10.7. The van der Waals surface area contributed by atoms with Crippen molar-refractivity contribution < 1.29 is 9.90 Å². The number of phenols is 1. The largest absolute Gasteiger partial charge is 0.508 e. The molecule has 4 saturated carbocycles. The van der Waals surface area contributed by atoms with E-state index in [1.54, 1.807) is 12.1 Å². The molecule has 0 aliphatic heterocycles. The second-order valence-corrected chi connectivity index (χ2v) is 9.63. The number of aromatic hydroxyl groups is 1. The number of nitrogens with zero attached hydrogens (tertiary/aromatic N) is 1. The van der Waals surface area contributed by atoms with Crippen molar-refractivity contribution in [3.05, 3.63) is 54.1 Å². The van der Waals surface area contributed by atoms with Gasteiger partial charge in [0.15, 0.2) is 0 Å². The van der Waals surface area contributed by atoms with Crippen LogP contribution in [0.2, 0.25) is 0 Å². The van der Waals surface area contributed by atoms with Crippen LogP contribution in [0.1, 0.15) is 50.5 Å². The Morgan fingerprint density at radius 2 is 1.61 bits per heavy atom. The standard InChI is InChI=1S/C25H29NO2/c1-17-9-22(27)7-8-23(17)26(21-5-3-2-4-6-21)24(28)16-25-13-18-10-19(14-25)12-20(11-18)15-25/h2-9,18-20,27H,10-16H2,1H3. The molecule has 4 aliphatic rings. The molecule has 0 saturated heterocycles. The first-order chi connectivity index (χ1) is 13.5. The lowest BCUT2D eigenvalue weighted by molar-refractivity contribution is -0.126. The lowest BCUT2D eigenvalue weighted by Gasteiger charge is -2.57. The van der Waals surface area contributed by atoms with Crippen molar-refractivity contribution in [2.75, 3.05) is 4.90 Å². The topological polar surface area (TPSA) is 40.5 Å². The van der Waals surface area contributed by atoms with E-state index in [2.05, 4.69) is 0 Å². The van der Waals surface area contributed by atoms with E-state index >= 15 is 0 Å². The van der Waals surface area contributed by atoms with Crippen LogP contribution in [-0.2, 0) is 4.79 Å². The molecule has 3 heteroatoms. The quantitative estimate of drug-likeness (QED) is 0.715. The number of rotatable bonds is 4. The number of para-hydroxylation sites is 1. The molecule has 3 nitrogen and oxygen atoms in total. The summed E-state index contributed by atoms with van der Waals surface area (Å²) in [7, 11) is 0. The first kappa shape index (κ1) is 17.8. The lowest BCUT2D eigenvalue weighted by atomic mass is 9.49. The normalized spacial score (nSPS) is 30.4. The van der Waals surface area contributed by atoms with Crippen molar-refractivity contribution in [3.63, 3.8) is 0 Å². The maximum absolute atomic E-state index is 13.7. The SMILES string of the molecule is Cc1cc(O)ccc1N(C(=O)CC12CC3CC(CC(C3)C1)C2)c1ccccc1. The van der Waals surface area contributed by atoms with Crippen LogP contribution in [0.3, 0.4) is 0 Å². The van der Waals surface area contributed by atoms with Crippen LogP contribution in [0.25, 0.3) is 0 Å². The fourth-order valence-corrected chi connectivity index (χ4v) is 6.79. The fraction of sp³-hybridized carbons (Fsp3) is 0.480. The number of aryl methyl sites for hydroxylation is 1. The monoisotopic (exact) mass is 375 g/mol. The molecule has 2 aromatic carbocycles. The Balaban J connectivity index is 1.48. The summed E-state index contributed by atoms with van der Waals surface area (Å²) in [4.78, 5) is 15.6. The molecule has 4 bridgehead atoms. The summed E-state index contributed by atoms with van der Waals surface area (Å²) >= 11 is 0. The average Bonchev–Trinajstić information content (AvgIpc) is 2.63. The Kier molecular flexibility index (Phi) is 4.22. The molecule has 28 heavy (non-hydrogen) atoms. The third-order valence-electron chi connectivity index (χ3n) is 7.38. The van der Waals surface area contributed by atoms with Gasteiger partial charge in [0.2, 0.25) is 5.91 Å². The van der Waals surface area contributed by atoms with Crippen LogP contribution in [0.4, 0.5) is 11.4 Å². The fourth-order valence-electron chi connectivity index (χ4n) is 6.79. The van der Waals surface area contributed by atoms with Crippen LogP contribution < -0.4 is 4.90 Å². The minimum Gasteiger partial charge on any atom is -0.508 e. The van der Waals surface area contributed by atoms with Crippen molar-refractivity contribution >= 4 is 17.3 Å². The van der Waals surface area contributed by atoms with E-state index in [1.807, 2.05) is 48.2 Å². The molecule has 0 spiro atoms. The van der Waals surface area contributed by atoms with E-state index in [1.165, 1.54) is 38.5 Å². The summed E-state index contributed by atoms with van der Waals surface area (Å²) < 4.78 is 0. The van der Waals surface area contributed by atoms with E-state index in [0.717, 1.165) is 34.7 Å². The van der Waals surface area contributed by atoms with Gasteiger partial charge >= 0.3 is 0 Å². The highest BCUT2D eigenvalue weighted by molar-refractivity contribution is 6.01. The van der Waals surface area contributed by atoms with Crippen LogP contribution in [-0.4, -0.2) is 11.0 Å². The van der Waals surface area contributed by atoms with Gasteiger partial charge in [0.05, 0.1) is 5.69 Å². The van der Waals surface area contributed by atoms with Gasteiger partial charge < -0.3 is 5.11 Å². The lowest BCUT2D eigenvalue weighted by Crippen LogP contribution is -2.48. The predicted octanol–water partition coefficient (Wildman–Crippen LogP) is 5.97. The van der Waals surface area contributed by atoms with Gasteiger partial charge in [-0.15, -0.1) is 0 Å². The van der Waals surface area contributed by atoms with Gasteiger partial charge in [-0.3, -0.25) is 9.69 Å². The van der Waals surface area contributed by atoms with Gasteiger partial charge in [0.25, 0.3) is 0 Å². The Morgan fingerprint density at radius 1 is 1.00 bits per heavy atom. The van der Waals surface area contributed by atoms with E-state index < -0.39 is 0 Å². The van der Waals surface area contributed by atoms with Gasteiger partial charge in [-0.05, 0) is 105 Å². The molecule has 0 radical (unpaired) electrons. The molecule has 0 atom stereocenters. The van der Waals surface area contributed by atoms with Gasteiger partial charge in [0, 0.05) is 12.1 Å². The second kappa shape index (κ2) is 6.65. The molecular formula is C25H29NO2. The number of hydrogen-bond donors (Lipinski definition) is 1. The van der Waals surface area contributed by atoms with Crippen molar-refractivity contribution in [2.24, 2.45) is 23.2 Å². The Labute approximate surface area is 167 Å². The Bertz CT molecular complexity index is 853. The summed E-state index contributed by atoms with van der Waals surface area (Å²) in [6.45, 7) is 1.96. The highest BCUT2D eigenvalue weighted by Crippen LogP contribution is 2.61. The van der Waals surface area contributed by atoms with Crippen molar-refractivity contribution in [1.29, 1.82) is 0 Å². The number of hydrogen-bond acceptors (Lipinski definition) is 2. The van der Waals surface area contributed by atoms with Gasteiger partial charge in [-0.25, -0.2) is 0 Å². The second-order valence-electron chi connectivity index (χ2n) is 9.63. The maximum atomic E-state index is 13.7. The van der Waals surface area contributed by atoms with Gasteiger partial charge in [-0.2, -0.15) is 0 Å². The number of anilines is 2. The summed E-state index contributed by atoms with van der Waals surface area (Å²) in [5.41, 5.74) is 2.91. The van der Waals surface area contributed by atoms with Gasteiger partial charge in [-0.1, -0.05) is 18.2 Å². The van der Waals surface area contributed by atoms with Crippen LogP contribution in [0.15, 0.2) is 48.5 Å². The molecule has 6 rings (SSSR count). The Hall–Kier alpha value is -2.29. The van der Waals surface area contributed by atoms with Crippen molar-refractivity contribution in [1.82, 2.24) is 0 Å². The van der Waals surface area contributed by atoms with E-state index in [-0.39, 0.29) is 17.1 Å². The zero-order valence-corrected chi connectivity index (χ0v) is 16.6. The van der Waals surface area contributed by atoms with Crippen LogP contribution in [0, 0.1) is 30.1 Å². The van der Waals surface area contributed by atoms with Crippen molar-refractivity contribution in [2.45, 2.75) is 51.9 Å².